The van der Waals surface area contributed by atoms with E-state index in [1.807, 2.05) is 20.8 Å². The zero-order chi connectivity index (χ0) is 6.85. The van der Waals surface area contributed by atoms with E-state index in [9.17, 15) is 0 Å². The predicted molar refractivity (Wildman–Crippen MR) is 39.9 cm³/mol. The van der Waals surface area contributed by atoms with E-state index in [0.717, 1.165) is 0 Å². The molecular formula is C7H14N2O. The van der Waals surface area contributed by atoms with Crippen molar-refractivity contribution in [1.29, 1.82) is 0 Å². The highest BCUT2D eigenvalue weighted by Gasteiger charge is 2.05. The number of hydrogen-bond donors (Lipinski definition) is 0. The third-order valence-corrected chi connectivity index (χ3v) is 1.04. The first-order valence-corrected chi connectivity index (χ1v) is 3.00. The molecule has 0 saturated carbocycles. The molecule has 0 atom stereocenters. The fourth-order valence-corrected chi connectivity index (χ4v) is 0.548. The molecule has 1 aromatic heterocycles. The Bertz CT molecular complexity index is 193. The Morgan fingerprint density at radius 1 is 1.40 bits per heavy atom. The number of hydrogen-bond acceptors (Lipinski definition) is 3. The lowest BCUT2D eigenvalue weighted by Crippen LogP contribution is -1.85. The predicted octanol–water partition coefficient (Wildman–Crippen LogP) is 2.14. The second kappa shape index (κ2) is 3.34. The fourth-order valence-electron chi connectivity index (χ4n) is 0.548. The Labute approximate surface area is 61.4 Å². The molecule has 0 amide bonds. The molecule has 3 nitrogen and oxygen atoms in total. The van der Waals surface area contributed by atoms with Crippen LogP contribution in [0.3, 0.4) is 0 Å². The molecule has 58 valence electrons. The molecule has 0 saturated heterocycles. The van der Waals surface area contributed by atoms with Gasteiger partial charge in [-0.05, 0) is 6.92 Å². The molecule has 1 aromatic rings. The van der Waals surface area contributed by atoms with Crippen molar-refractivity contribution in [3.05, 3.63) is 11.7 Å². The summed E-state index contributed by atoms with van der Waals surface area (Å²) in [4.78, 5) is 4.03. The second-order valence-corrected chi connectivity index (χ2v) is 2.33. The summed E-state index contributed by atoms with van der Waals surface area (Å²) in [5.74, 6) is 1.76. The van der Waals surface area contributed by atoms with E-state index < -0.39 is 0 Å². The Balaban J connectivity index is 0.000000810. The number of nitrogens with zero attached hydrogens (tertiary/aromatic N) is 2. The Kier molecular flexibility index (Phi) is 3.06. The van der Waals surface area contributed by atoms with Crippen molar-refractivity contribution in [2.24, 2.45) is 0 Å². The standard InChI is InChI=1S/C6H10N2O.CH4/c1-4(2)6-7-5(3)8-9-6;/h4H,1-3H3;1H4. The lowest BCUT2D eigenvalue weighted by atomic mass is 10.2. The van der Waals surface area contributed by atoms with Crippen LogP contribution < -0.4 is 0 Å². The van der Waals surface area contributed by atoms with Crippen LogP contribution in [0.4, 0.5) is 0 Å². The van der Waals surface area contributed by atoms with Crippen molar-refractivity contribution in [2.75, 3.05) is 0 Å². The Morgan fingerprint density at radius 2 is 2.00 bits per heavy atom. The van der Waals surface area contributed by atoms with Crippen LogP contribution in [-0.4, -0.2) is 10.1 Å². The normalized spacial score (nSPS) is 9.60. The van der Waals surface area contributed by atoms with E-state index in [2.05, 4.69) is 10.1 Å². The molecule has 0 aliphatic carbocycles. The number of rotatable bonds is 1. The molecule has 0 N–H and O–H groups in total. The van der Waals surface area contributed by atoms with Crippen LogP contribution in [0, 0.1) is 6.92 Å². The SMILES string of the molecule is C.Cc1noc(C(C)C)n1. The summed E-state index contributed by atoms with van der Waals surface area (Å²) < 4.78 is 4.86. The topological polar surface area (TPSA) is 38.9 Å². The summed E-state index contributed by atoms with van der Waals surface area (Å²) in [6, 6.07) is 0. The van der Waals surface area contributed by atoms with Gasteiger partial charge < -0.3 is 4.52 Å². The molecule has 0 aromatic carbocycles. The summed E-state index contributed by atoms with van der Waals surface area (Å²) in [6.45, 7) is 5.86. The molecule has 0 fully saturated rings. The van der Waals surface area contributed by atoms with Gasteiger partial charge in [-0.2, -0.15) is 4.98 Å². The highest BCUT2D eigenvalue weighted by atomic mass is 16.5. The minimum atomic E-state index is 0. The van der Waals surface area contributed by atoms with Crippen molar-refractivity contribution < 1.29 is 4.52 Å². The minimum absolute atomic E-state index is 0. The maximum Gasteiger partial charge on any atom is 0.229 e. The van der Waals surface area contributed by atoms with Crippen molar-refractivity contribution in [2.45, 2.75) is 34.1 Å². The van der Waals surface area contributed by atoms with Gasteiger partial charge in [0.15, 0.2) is 5.82 Å². The molecule has 0 spiro atoms. The average Bonchev–Trinajstić information content (AvgIpc) is 2.14. The van der Waals surface area contributed by atoms with Gasteiger partial charge in [0.2, 0.25) is 5.89 Å². The highest BCUT2D eigenvalue weighted by molar-refractivity contribution is 4.87. The molecule has 0 radical (unpaired) electrons. The molecule has 10 heavy (non-hydrogen) atoms. The zero-order valence-corrected chi connectivity index (χ0v) is 5.88. The average molecular weight is 142 g/mol. The maximum absolute atomic E-state index is 4.86. The van der Waals surface area contributed by atoms with Gasteiger partial charge in [-0.25, -0.2) is 0 Å². The number of aromatic nitrogens is 2. The summed E-state index contributed by atoms with van der Waals surface area (Å²) >= 11 is 0. The third kappa shape index (κ3) is 1.83. The van der Waals surface area contributed by atoms with Gasteiger partial charge in [0.25, 0.3) is 0 Å². The maximum atomic E-state index is 4.86. The van der Waals surface area contributed by atoms with Gasteiger partial charge in [-0.3, -0.25) is 0 Å². The van der Waals surface area contributed by atoms with Gasteiger partial charge in [-0.15, -0.1) is 0 Å². The third-order valence-electron chi connectivity index (χ3n) is 1.04. The second-order valence-electron chi connectivity index (χ2n) is 2.33. The van der Waals surface area contributed by atoms with Crippen molar-refractivity contribution >= 4 is 0 Å². The van der Waals surface area contributed by atoms with Crippen LogP contribution in [0.2, 0.25) is 0 Å². The van der Waals surface area contributed by atoms with Gasteiger partial charge in [0.05, 0.1) is 0 Å². The van der Waals surface area contributed by atoms with Crippen molar-refractivity contribution in [3.8, 4) is 0 Å². The summed E-state index contributed by atoms with van der Waals surface area (Å²) in [7, 11) is 0. The monoisotopic (exact) mass is 142 g/mol. The van der Waals surface area contributed by atoms with E-state index in [0.29, 0.717) is 17.6 Å². The summed E-state index contributed by atoms with van der Waals surface area (Å²) in [5.41, 5.74) is 0. The molecule has 1 heterocycles. The van der Waals surface area contributed by atoms with Crippen LogP contribution in [0.5, 0.6) is 0 Å². The van der Waals surface area contributed by atoms with Gasteiger partial charge in [0.1, 0.15) is 0 Å². The van der Waals surface area contributed by atoms with E-state index in [4.69, 9.17) is 4.52 Å². The smallest absolute Gasteiger partial charge is 0.229 e. The molecule has 1 rings (SSSR count). The first-order valence-electron chi connectivity index (χ1n) is 3.00. The van der Waals surface area contributed by atoms with E-state index in [1.54, 1.807) is 0 Å². The van der Waals surface area contributed by atoms with E-state index >= 15 is 0 Å². The van der Waals surface area contributed by atoms with Crippen molar-refractivity contribution in [3.63, 3.8) is 0 Å². The largest absolute Gasteiger partial charge is 0.339 e. The van der Waals surface area contributed by atoms with Crippen LogP contribution in [0.1, 0.15) is 38.9 Å². The summed E-state index contributed by atoms with van der Waals surface area (Å²) in [6.07, 6.45) is 0. The van der Waals surface area contributed by atoms with Crippen LogP contribution in [-0.2, 0) is 0 Å². The molecule has 3 heteroatoms. The van der Waals surface area contributed by atoms with E-state index in [1.165, 1.54) is 0 Å². The van der Waals surface area contributed by atoms with Gasteiger partial charge in [-0.1, -0.05) is 26.4 Å². The first kappa shape index (κ1) is 9.14. The van der Waals surface area contributed by atoms with Crippen molar-refractivity contribution in [1.82, 2.24) is 10.1 Å². The Morgan fingerprint density at radius 3 is 2.20 bits per heavy atom. The van der Waals surface area contributed by atoms with Gasteiger partial charge in [0, 0.05) is 5.92 Å². The van der Waals surface area contributed by atoms with Crippen LogP contribution in [0.25, 0.3) is 0 Å². The molecule has 0 bridgehead atoms. The van der Waals surface area contributed by atoms with Gasteiger partial charge >= 0.3 is 0 Å². The lowest BCUT2D eigenvalue weighted by molar-refractivity contribution is 0.362. The van der Waals surface area contributed by atoms with Crippen LogP contribution in [0.15, 0.2) is 4.52 Å². The molecule has 0 aliphatic rings. The first-order chi connectivity index (χ1) is 4.20. The molecular weight excluding hydrogens is 128 g/mol. The highest BCUT2D eigenvalue weighted by Crippen LogP contribution is 2.09. The molecule has 0 unspecified atom stereocenters. The fraction of sp³-hybridized carbons (Fsp3) is 0.714. The lowest BCUT2D eigenvalue weighted by Gasteiger charge is -1.91. The minimum Gasteiger partial charge on any atom is -0.339 e. The molecule has 0 aliphatic heterocycles. The van der Waals surface area contributed by atoms with E-state index in [-0.39, 0.29) is 7.43 Å². The summed E-state index contributed by atoms with van der Waals surface area (Å²) in [5, 5.41) is 3.65. The quantitative estimate of drug-likeness (QED) is 0.603. The van der Waals surface area contributed by atoms with Crippen LogP contribution >= 0.6 is 0 Å². The zero-order valence-electron chi connectivity index (χ0n) is 5.88. The number of aryl methyl sites for hydroxylation is 1. The Hall–Kier alpha value is -0.860.